The number of rotatable bonds is 6. The molecule has 6 nitrogen and oxygen atoms in total. The third-order valence-corrected chi connectivity index (χ3v) is 6.38. The molecular formula is C11H16Cl2N2O4S2. The summed E-state index contributed by atoms with van der Waals surface area (Å²) in [5.41, 5.74) is 5.93. The van der Waals surface area contributed by atoms with E-state index in [4.69, 9.17) is 28.9 Å². The number of sulfonamides is 1. The Morgan fingerprint density at radius 3 is 2.19 bits per heavy atom. The second kappa shape index (κ2) is 6.80. The van der Waals surface area contributed by atoms with Crippen LogP contribution in [0.2, 0.25) is 10.0 Å². The van der Waals surface area contributed by atoms with Gasteiger partial charge in [0.05, 0.1) is 10.8 Å². The summed E-state index contributed by atoms with van der Waals surface area (Å²) in [5, 5.41) is 0.239. The van der Waals surface area contributed by atoms with Crippen LogP contribution in [0.5, 0.6) is 0 Å². The molecule has 1 aromatic rings. The summed E-state index contributed by atoms with van der Waals surface area (Å²) >= 11 is 11.8. The molecule has 0 aromatic heterocycles. The molecule has 0 amide bonds. The zero-order valence-electron chi connectivity index (χ0n) is 11.5. The lowest BCUT2D eigenvalue weighted by Crippen LogP contribution is -2.31. The van der Waals surface area contributed by atoms with Crippen LogP contribution in [0.3, 0.4) is 0 Å². The molecule has 0 atom stereocenters. The molecule has 0 unspecified atom stereocenters. The molecule has 0 saturated carbocycles. The third kappa shape index (κ3) is 4.80. The Labute approximate surface area is 134 Å². The van der Waals surface area contributed by atoms with Gasteiger partial charge in [0.1, 0.15) is 14.7 Å². The Morgan fingerprint density at radius 1 is 1.14 bits per heavy atom. The number of benzene rings is 1. The monoisotopic (exact) mass is 374 g/mol. The van der Waals surface area contributed by atoms with Crippen LogP contribution in [0.25, 0.3) is 0 Å². The molecule has 120 valence electrons. The van der Waals surface area contributed by atoms with Gasteiger partial charge in [-0.2, -0.15) is 4.31 Å². The van der Waals surface area contributed by atoms with Crippen molar-refractivity contribution in [2.45, 2.75) is 11.4 Å². The van der Waals surface area contributed by atoms with Crippen molar-refractivity contribution >= 4 is 43.1 Å². The standard InChI is InChI=1S/C11H16Cl2N2O4S2/c1-15(3-4-20(2,16)17)21(18,19)11-5-8(7-14)9(12)6-10(11)13/h5-6H,3-4,7,14H2,1-2H3. The quantitative estimate of drug-likeness (QED) is 0.804. The van der Waals surface area contributed by atoms with Crippen LogP contribution in [0, 0.1) is 0 Å². The van der Waals surface area contributed by atoms with Crippen molar-refractivity contribution in [1.29, 1.82) is 0 Å². The van der Waals surface area contributed by atoms with Crippen LogP contribution in [0.4, 0.5) is 0 Å². The highest BCUT2D eigenvalue weighted by molar-refractivity contribution is 7.91. The summed E-state index contributed by atoms with van der Waals surface area (Å²) < 4.78 is 48.0. The molecule has 2 N–H and O–H groups in total. The third-order valence-electron chi connectivity index (χ3n) is 2.79. The van der Waals surface area contributed by atoms with Gasteiger partial charge in [0.25, 0.3) is 0 Å². The van der Waals surface area contributed by atoms with Crippen molar-refractivity contribution in [3.63, 3.8) is 0 Å². The summed E-state index contributed by atoms with van der Waals surface area (Å²) in [6.45, 7) is -0.107. The zero-order chi connectivity index (χ0) is 16.4. The molecule has 0 heterocycles. The van der Waals surface area contributed by atoms with Crippen LogP contribution in [0.1, 0.15) is 5.56 Å². The molecule has 0 aliphatic carbocycles. The van der Waals surface area contributed by atoms with Crippen LogP contribution in [-0.4, -0.2) is 46.7 Å². The van der Waals surface area contributed by atoms with E-state index < -0.39 is 19.9 Å². The summed E-state index contributed by atoms with van der Waals surface area (Å²) in [5.74, 6) is -0.280. The Bertz CT molecular complexity index is 733. The van der Waals surface area contributed by atoms with Gasteiger partial charge in [-0.25, -0.2) is 16.8 Å². The highest BCUT2D eigenvalue weighted by Crippen LogP contribution is 2.30. The van der Waals surface area contributed by atoms with Gasteiger partial charge >= 0.3 is 0 Å². The first-order chi connectivity index (χ1) is 9.49. The van der Waals surface area contributed by atoms with E-state index in [1.165, 1.54) is 19.2 Å². The van der Waals surface area contributed by atoms with E-state index in [0.29, 0.717) is 5.56 Å². The second-order valence-corrected chi connectivity index (χ2v) is 9.62. The summed E-state index contributed by atoms with van der Waals surface area (Å²) in [6, 6.07) is 2.61. The molecule has 0 saturated heterocycles. The fourth-order valence-corrected chi connectivity index (χ4v) is 4.25. The zero-order valence-corrected chi connectivity index (χ0v) is 14.7. The van der Waals surface area contributed by atoms with E-state index in [1.807, 2.05) is 0 Å². The Balaban J connectivity index is 3.19. The molecule has 10 heteroatoms. The van der Waals surface area contributed by atoms with Crippen LogP contribution < -0.4 is 5.73 Å². The van der Waals surface area contributed by atoms with Crippen molar-refractivity contribution in [1.82, 2.24) is 4.31 Å². The Hall–Kier alpha value is -0.380. The lowest BCUT2D eigenvalue weighted by Gasteiger charge is -2.18. The van der Waals surface area contributed by atoms with Crippen molar-refractivity contribution < 1.29 is 16.8 Å². The smallest absolute Gasteiger partial charge is 0.244 e. The molecule has 0 aliphatic heterocycles. The van der Waals surface area contributed by atoms with Gasteiger partial charge in [-0.05, 0) is 17.7 Å². The summed E-state index contributed by atoms with van der Waals surface area (Å²) in [7, 11) is -5.90. The lowest BCUT2D eigenvalue weighted by molar-refractivity contribution is 0.485. The van der Waals surface area contributed by atoms with Gasteiger partial charge in [0.15, 0.2) is 0 Å². The van der Waals surface area contributed by atoms with Gasteiger partial charge in [0, 0.05) is 31.4 Å². The van der Waals surface area contributed by atoms with Gasteiger partial charge in [0.2, 0.25) is 10.0 Å². The number of halogens is 2. The minimum absolute atomic E-state index is 0.0385. The van der Waals surface area contributed by atoms with Crippen molar-refractivity contribution in [2.24, 2.45) is 5.73 Å². The number of hydrogen-bond acceptors (Lipinski definition) is 5. The van der Waals surface area contributed by atoms with E-state index >= 15 is 0 Å². The van der Waals surface area contributed by atoms with Crippen molar-refractivity contribution in [3.8, 4) is 0 Å². The maximum absolute atomic E-state index is 12.4. The SMILES string of the molecule is CN(CCS(C)(=O)=O)S(=O)(=O)c1cc(CN)c(Cl)cc1Cl. The average Bonchev–Trinajstić information content (AvgIpc) is 2.34. The first-order valence-corrected chi connectivity index (χ1v) is 10.1. The van der Waals surface area contributed by atoms with Crippen molar-refractivity contribution in [2.75, 3.05) is 25.6 Å². The topological polar surface area (TPSA) is 97.5 Å². The minimum atomic E-state index is -3.92. The highest BCUT2D eigenvalue weighted by Gasteiger charge is 2.25. The van der Waals surface area contributed by atoms with E-state index in [-0.39, 0.29) is 33.8 Å². The number of nitrogens with zero attached hydrogens (tertiary/aromatic N) is 1. The van der Waals surface area contributed by atoms with Gasteiger partial charge in [-0.3, -0.25) is 0 Å². The second-order valence-electron chi connectivity index (χ2n) is 4.53. The molecule has 1 aromatic carbocycles. The first kappa shape index (κ1) is 18.7. The van der Waals surface area contributed by atoms with E-state index in [1.54, 1.807) is 0 Å². The summed E-state index contributed by atoms with van der Waals surface area (Å²) in [4.78, 5) is -0.148. The maximum Gasteiger partial charge on any atom is 0.244 e. The molecule has 1 rings (SSSR count). The van der Waals surface area contributed by atoms with Gasteiger partial charge in [-0.1, -0.05) is 23.2 Å². The number of sulfone groups is 1. The molecular weight excluding hydrogens is 359 g/mol. The van der Waals surface area contributed by atoms with E-state index in [9.17, 15) is 16.8 Å². The minimum Gasteiger partial charge on any atom is -0.326 e. The number of nitrogens with two attached hydrogens (primary N) is 1. The normalized spacial score (nSPS) is 12.9. The molecule has 0 spiro atoms. The molecule has 0 bridgehead atoms. The Kier molecular flexibility index (Phi) is 6.05. The van der Waals surface area contributed by atoms with Crippen LogP contribution >= 0.6 is 23.2 Å². The summed E-state index contributed by atoms with van der Waals surface area (Å²) in [6.07, 6.45) is 1.04. The van der Waals surface area contributed by atoms with Gasteiger partial charge < -0.3 is 5.73 Å². The predicted molar refractivity (Wildman–Crippen MR) is 83.9 cm³/mol. The fraction of sp³-hybridized carbons (Fsp3) is 0.455. The Morgan fingerprint density at radius 2 is 1.71 bits per heavy atom. The van der Waals surface area contributed by atoms with Gasteiger partial charge in [-0.15, -0.1) is 0 Å². The molecule has 0 fully saturated rings. The van der Waals surface area contributed by atoms with Crippen LogP contribution in [0.15, 0.2) is 17.0 Å². The molecule has 0 radical (unpaired) electrons. The van der Waals surface area contributed by atoms with Crippen molar-refractivity contribution in [3.05, 3.63) is 27.7 Å². The fourth-order valence-electron chi connectivity index (χ4n) is 1.51. The lowest BCUT2D eigenvalue weighted by atomic mass is 10.2. The average molecular weight is 375 g/mol. The number of hydrogen-bond donors (Lipinski definition) is 1. The predicted octanol–water partition coefficient (Wildman–Crippen LogP) is 1.12. The molecule has 0 aliphatic rings. The maximum atomic E-state index is 12.4. The van der Waals surface area contributed by atoms with Crippen LogP contribution in [-0.2, 0) is 26.4 Å². The first-order valence-electron chi connectivity index (χ1n) is 5.81. The van der Waals surface area contributed by atoms with E-state index in [0.717, 1.165) is 10.6 Å². The van der Waals surface area contributed by atoms with E-state index in [2.05, 4.69) is 0 Å². The highest BCUT2D eigenvalue weighted by atomic mass is 35.5. The largest absolute Gasteiger partial charge is 0.326 e. The molecule has 21 heavy (non-hydrogen) atoms.